The molecule has 1 unspecified atom stereocenters. The molecule has 0 aliphatic carbocycles. The molecule has 0 spiro atoms. The molecule has 0 saturated heterocycles. The zero-order valence-corrected chi connectivity index (χ0v) is 14.4. The van der Waals surface area contributed by atoms with E-state index in [1.807, 2.05) is 6.92 Å². The molecule has 0 bridgehead atoms. The first-order chi connectivity index (χ1) is 9.61. The number of carbonyl (C=O) groups excluding carboxylic acids is 1. The quantitative estimate of drug-likeness (QED) is 0.404. The van der Waals surface area contributed by atoms with Crippen molar-refractivity contribution in [1.82, 2.24) is 0 Å². The predicted molar refractivity (Wildman–Crippen MR) is 80.4 cm³/mol. The monoisotopic (exact) mass is 321 g/mol. The Labute approximate surface area is 128 Å². The maximum atomic E-state index is 10.6. The molecule has 21 heavy (non-hydrogen) atoms. The molecule has 0 aromatic heterocycles. The Balaban J connectivity index is 0.000000547. The Hall–Kier alpha value is -0.920. The number of carbonyl (C=O) groups is 1. The summed E-state index contributed by atoms with van der Waals surface area (Å²) < 4.78 is 36.8. The summed E-state index contributed by atoms with van der Waals surface area (Å²) in [5.74, 6) is -0.441. The lowest BCUT2D eigenvalue weighted by molar-refractivity contribution is -0.944. The summed E-state index contributed by atoms with van der Waals surface area (Å²) in [5, 5.41) is 0. The number of hydrogen-bond donors (Lipinski definition) is 0. The average molecular weight is 321 g/mol. The minimum absolute atomic E-state index is 0.199. The summed E-state index contributed by atoms with van der Waals surface area (Å²) >= 11 is 0. The highest BCUT2D eigenvalue weighted by Gasteiger charge is 2.28. The lowest BCUT2D eigenvalue weighted by Gasteiger charge is -2.41. The van der Waals surface area contributed by atoms with Crippen molar-refractivity contribution >= 4 is 16.1 Å². The Morgan fingerprint density at radius 2 is 1.67 bits per heavy atom. The number of cyclic esters (lactones) is 1. The largest absolute Gasteiger partial charge is 0.748 e. The van der Waals surface area contributed by atoms with E-state index in [2.05, 4.69) is 25.5 Å². The molecule has 1 heterocycles. The van der Waals surface area contributed by atoms with E-state index >= 15 is 0 Å². The number of quaternary nitrogens is 1. The van der Waals surface area contributed by atoms with Gasteiger partial charge in [0.25, 0.3) is 0 Å². The maximum Gasteiger partial charge on any atom is 0.341 e. The van der Waals surface area contributed by atoms with E-state index in [0.29, 0.717) is 12.0 Å². The minimum atomic E-state index is -4.06. The second-order valence-corrected chi connectivity index (χ2v) is 6.80. The van der Waals surface area contributed by atoms with Crippen LogP contribution in [0.3, 0.4) is 0 Å². The third kappa shape index (κ3) is 6.58. The van der Waals surface area contributed by atoms with Crippen molar-refractivity contribution in [1.29, 1.82) is 0 Å². The van der Waals surface area contributed by atoms with E-state index < -0.39 is 10.1 Å². The van der Waals surface area contributed by atoms with E-state index in [9.17, 15) is 17.8 Å². The van der Waals surface area contributed by atoms with Crippen LogP contribution in [0.2, 0.25) is 0 Å². The van der Waals surface area contributed by atoms with Crippen LogP contribution in [0.1, 0.15) is 41.0 Å². The number of ether oxygens (including phenoxy) is 1. The van der Waals surface area contributed by atoms with Crippen molar-refractivity contribution in [3.63, 3.8) is 0 Å². The topological polar surface area (TPSA) is 83.5 Å². The van der Waals surface area contributed by atoms with Gasteiger partial charge in [0.05, 0.1) is 41.4 Å². The normalized spacial score (nSPS) is 16.1. The molecule has 0 saturated carbocycles. The molecular weight excluding hydrogens is 294 g/mol. The number of nitrogens with zero attached hydrogens (tertiary/aromatic N) is 1. The number of hydrogen-bond acceptors (Lipinski definition) is 5. The van der Waals surface area contributed by atoms with Crippen LogP contribution in [0.4, 0.5) is 0 Å². The first-order valence-corrected chi connectivity index (χ1v) is 8.86. The van der Waals surface area contributed by atoms with Gasteiger partial charge in [0, 0.05) is 12.2 Å². The highest BCUT2D eigenvalue weighted by molar-refractivity contribution is 7.85. The van der Waals surface area contributed by atoms with E-state index in [1.165, 1.54) is 6.26 Å². The molecular formula is C14H27NO5S. The van der Waals surface area contributed by atoms with Gasteiger partial charge in [0.15, 0.2) is 0 Å². The molecule has 1 aliphatic rings. The third-order valence-corrected chi connectivity index (χ3v) is 5.01. The van der Waals surface area contributed by atoms with Crippen LogP contribution in [0.25, 0.3) is 0 Å². The summed E-state index contributed by atoms with van der Waals surface area (Å²) in [4.78, 5) is 9.94. The predicted octanol–water partition coefficient (Wildman–Crippen LogP) is 1.63. The summed E-state index contributed by atoms with van der Waals surface area (Å²) in [6.45, 7) is 13.0. The highest BCUT2D eigenvalue weighted by atomic mass is 32.2. The molecule has 0 aromatic carbocycles. The van der Waals surface area contributed by atoms with Gasteiger partial charge in [0.2, 0.25) is 0 Å². The Morgan fingerprint density at radius 1 is 1.24 bits per heavy atom. The first kappa shape index (κ1) is 20.1. The van der Waals surface area contributed by atoms with E-state index in [4.69, 9.17) is 0 Å². The lowest BCUT2D eigenvalue weighted by atomic mass is 10.1. The van der Waals surface area contributed by atoms with Crippen molar-refractivity contribution < 1.29 is 27.0 Å². The van der Waals surface area contributed by atoms with Crippen molar-refractivity contribution in [2.75, 3.05) is 25.4 Å². The van der Waals surface area contributed by atoms with Gasteiger partial charge in [-0.05, 0) is 34.6 Å². The Bertz CT molecular complexity index is 457. The van der Waals surface area contributed by atoms with Gasteiger partial charge in [-0.3, -0.25) is 0 Å². The van der Waals surface area contributed by atoms with Gasteiger partial charge in [0.1, 0.15) is 6.26 Å². The van der Waals surface area contributed by atoms with Crippen LogP contribution < -0.4 is 0 Å². The van der Waals surface area contributed by atoms with Crippen LogP contribution in [-0.4, -0.2) is 54.9 Å². The van der Waals surface area contributed by atoms with Gasteiger partial charge < -0.3 is 13.8 Å². The smallest absolute Gasteiger partial charge is 0.341 e. The summed E-state index contributed by atoms with van der Waals surface area (Å²) in [6, 6.07) is 0.230. The molecule has 1 aliphatic heterocycles. The lowest BCUT2D eigenvalue weighted by Crippen LogP contribution is -2.54. The van der Waals surface area contributed by atoms with Crippen LogP contribution in [0, 0.1) is 0 Å². The van der Waals surface area contributed by atoms with Gasteiger partial charge in [-0.15, -0.1) is 0 Å². The molecule has 0 N–H and O–H groups in total. The molecule has 7 heteroatoms. The average Bonchev–Trinajstić information content (AvgIpc) is 2.45. The first-order valence-electron chi connectivity index (χ1n) is 7.29. The fraction of sp³-hybridized carbons (Fsp3) is 0.786. The van der Waals surface area contributed by atoms with E-state index in [-0.39, 0.29) is 17.8 Å². The molecule has 0 radical (unpaired) electrons. The van der Waals surface area contributed by atoms with Gasteiger partial charge in [-0.2, -0.15) is 0 Å². The fourth-order valence-corrected chi connectivity index (χ4v) is 3.05. The van der Waals surface area contributed by atoms with E-state index in [1.54, 1.807) is 6.92 Å². The second kappa shape index (κ2) is 8.51. The molecule has 6 nitrogen and oxygen atoms in total. The van der Waals surface area contributed by atoms with Gasteiger partial charge in [-0.25, -0.2) is 13.2 Å². The zero-order chi connectivity index (χ0) is 16.7. The standard InChI is InChI=1S/C10H23NO3S.C4H4O2/c1-5-11(6-2,7-3)10(4)8-9-15(12,13)14;1-3-2-6-4(3)5/h10H,5-9H2,1-4H3;2H,1H3. The molecule has 0 amide bonds. The molecule has 124 valence electrons. The molecule has 0 fully saturated rings. The van der Waals surface area contributed by atoms with Crippen molar-refractivity contribution in [3.05, 3.63) is 11.8 Å². The Morgan fingerprint density at radius 3 is 1.86 bits per heavy atom. The fourth-order valence-electron chi connectivity index (χ4n) is 2.42. The van der Waals surface area contributed by atoms with Crippen LogP contribution >= 0.6 is 0 Å². The Kier molecular flexibility index (Phi) is 8.13. The molecule has 1 rings (SSSR count). The maximum absolute atomic E-state index is 10.6. The van der Waals surface area contributed by atoms with Crippen LogP contribution in [0.5, 0.6) is 0 Å². The SMILES string of the molecule is CC1=COC1=O.CC[N+](CC)(CC)C(C)CCS(=O)(=O)[O-]. The van der Waals surface area contributed by atoms with Crippen LogP contribution in [-0.2, 0) is 19.6 Å². The highest BCUT2D eigenvalue weighted by Crippen LogP contribution is 2.16. The number of rotatable bonds is 7. The molecule has 0 aromatic rings. The number of esters is 1. The zero-order valence-electron chi connectivity index (χ0n) is 13.6. The van der Waals surface area contributed by atoms with Gasteiger partial charge in [-0.1, -0.05) is 0 Å². The summed E-state index contributed by atoms with van der Waals surface area (Å²) in [7, 11) is -4.06. The van der Waals surface area contributed by atoms with Crippen molar-refractivity contribution in [3.8, 4) is 0 Å². The summed E-state index contributed by atoms with van der Waals surface area (Å²) in [6.07, 6.45) is 1.89. The van der Waals surface area contributed by atoms with Crippen molar-refractivity contribution in [2.45, 2.75) is 47.1 Å². The second-order valence-electron chi connectivity index (χ2n) is 5.27. The summed E-state index contributed by atoms with van der Waals surface area (Å²) in [5.41, 5.74) is 0.704. The van der Waals surface area contributed by atoms with Crippen molar-refractivity contribution in [2.24, 2.45) is 0 Å². The molecule has 1 atom stereocenters. The third-order valence-electron chi connectivity index (χ3n) is 4.27. The minimum Gasteiger partial charge on any atom is -0.748 e. The van der Waals surface area contributed by atoms with E-state index in [0.717, 1.165) is 24.1 Å². The van der Waals surface area contributed by atoms with Crippen LogP contribution in [0.15, 0.2) is 11.8 Å². The van der Waals surface area contributed by atoms with Gasteiger partial charge >= 0.3 is 5.97 Å².